The minimum absolute atomic E-state index is 0.348. The summed E-state index contributed by atoms with van der Waals surface area (Å²) in [6, 6.07) is 0.407. The molecule has 0 aliphatic rings. The van der Waals surface area contributed by atoms with Crippen molar-refractivity contribution < 1.29 is 8.42 Å². The van der Waals surface area contributed by atoms with Crippen molar-refractivity contribution in [1.29, 1.82) is 0 Å². The lowest BCUT2D eigenvalue weighted by Gasteiger charge is -2.20. The SMILES string of the molecule is CC(C)N(C)CCNS(=O)(=O)Cl. The first-order valence-corrected chi connectivity index (χ1v) is 6.03. The zero-order valence-corrected chi connectivity index (χ0v) is 9.11. The van der Waals surface area contributed by atoms with E-state index in [1.54, 1.807) is 0 Å². The Morgan fingerprint density at radius 2 is 2.00 bits per heavy atom. The van der Waals surface area contributed by atoms with Crippen molar-refractivity contribution in [3.63, 3.8) is 0 Å². The Balaban J connectivity index is 3.58. The Bertz CT molecular complexity index is 216. The third-order valence-corrected chi connectivity index (χ3v) is 2.50. The molecule has 74 valence electrons. The summed E-state index contributed by atoms with van der Waals surface area (Å²) < 4.78 is 23.0. The second-order valence-corrected chi connectivity index (χ2v) is 5.29. The first kappa shape index (κ1) is 12.2. The summed E-state index contributed by atoms with van der Waals surface area (Å²) in [7, 11) is 3.31. The van der Waals surface area contributed by atoms with Crippen LogP contribution in [0.15, 0.2) is 0 Å². The molecule has 0 aromatic rings. The summed E-state index contributed by atoms with van der Waals surface area (Å²) in [6.45, 7) is 5.08. The normalized spacial score (nSPS) is 12.8. The second-order valence-electron chi connectivity index (χ2n) is 2.91. The second kappa shape index (κ2) is 5.01. The van der Waals surface area contributed by atoms with Gasteiger partial charge in [0.1, 0.15) is 0 Å². The molecule has 0 fully saturated rings. The van der Waals surface area contributed by atoms with Gasteiger partial charge < -0.3 is 4.90 Å². The Labute approximate surface area is 78.4 Å². The molecule has 0 bridgehead atoms. The summed E-state index contributed by atoms with van der Waals surface area (Å²) in [5.74, 6) is 0. The third-order valence-electron chi connectivity index (χ3n) is 1.62. The largest absolute Gasteiger partial charge is 0.303 e. The highest BCUT2D eigenvalue weighted by atomic mass is 35.7. The molecule has 12 heavy (non-hydrogen) atoms. The van der Waals surface area contributed by atoms with E-state index in [-0.39, 0.29) is 0 Å². The topological polar surface area (TPSA) is 49.4 Å². The lowest BCUT2D eigenvalue weighted by Crippen LogP contribution is -2.34. The van der Waals surface area contributed by atoms with E-state index in [0.717, 1.165) is 0 Å². The highest BCUT2D eigenvalue weighted by Gasteiger charge is 2.05. The van der Waals surface area contributed by atoms with E-state index >= 15 is 0 Å². The van der Waals surface area contributed by atoms with Crippen molar-refractivity contribution in [2.75, 3.05) is 20.1 Å². The maximum atomic E-state index is 10.4. The van der Waals surface area contributed by atoms with Gasteiger partial charge in [-0.15, -0.1) is 0 Å². The highest BCUT2D eigenvalue weighted by Crippen LogP contribution is 1.93. The predicted molar refractivity (Wildman–Crippen MR) is 50.5 cm³/mol. The summed E-state index contributed by atoms with van der Waals surface area (Å²) in [4.78, 5) is 2.02. The molecule has 6 heteroatoms. The average molecular weight is 215 g/mol. The minimum Gasteiger partial charge on any atom is -0.303 e. The molecule has 0 saturated heterocycles. The van der Waals surface area contributed by atoms with E-state index in [0.29, 0.717) is 19.1 Å². The molecular weight excluding hydrogens is 200 g/mol. The Morgan fingerprint density at radius 1 is 1.50 bits per heavy atom. The molecule has 1 N–H and O–H groups in total. The molecule has 0 amide bonds. The van der Waals surface area contributed by atoms with E-state index in [2.05, 4.69) is 4.72 Å². The van der Waals surface area contributed by atoms with E-state index in [1.165, 1.54) is 0 Å². The van der Waals surface area contributed by atoms with Gasteiger partial charge in [-0.1, -0.05) is 0 Å². The fourth-order valence-corrected chi connectivity index (χ4v) is 1.17. The average Bonchev–Trinajstić information content (AvgIpc) is 1.84. The number of hydrogen-bond acceptors (Lipinski definition) is 3. The van der Waals surface area contributed by atoms with Gasteiger partial charge in [-0.3, -0.25) is 0 Å². The summed E-state index contributed by atoms with van der Waals surface area (Å²) in [6.07, 6.45) is 0. The highest BCUT2D eigenvalue weighted by molar-refractivity contribution is 8.12. The van der Waals surface area contributed by atoms with Gasteiger partial charge in [0.2, 0.25) is 0 Å². The smallest absolute Gasteiger partial charge is 0.297 e. The number of hydrogen-bond donors (Lipinski definition) is 1. The molecule has 0 aliphatic heterocycles. The van der Waals surface area contributed by atoms with Crippen LogP contribution in [0, 0.1) is 0 Å². The van der Waals surface area contributed by atoms with Crippen LogP contribution in [0.5, 0.6) is 0 Å². The molecule has 0 saturated carbocycles. The van der Waals surface area contributed by atoms with Crippen LogP contribution >= 0.6 is 10.7 Å². The lowest BCUT2D eigenvalue weighted by atomic mass is 10.3. The van der Waals surface area contributed by atoms with Gasteiger partial charge in [-0.25, -0.2) is 4.72 Å². The molecule has 0 unspecified atom stereocenters. The minimum atomic E-state index is -3.55. The number of nitrogens with zero attached hydrogens (tertiary/aromatic N) is 1. The van der Waals surface area contributed by atoms with Crippen molar-refractivity contribution in [3.05, 3.63) is 0 Å². The van der Waals surface area contributed by atoms with Crippen molar-refractivity contribution >= 4 is 19.9 Å². The quantitative estimate of drug-likeness (QED) is 0.675. The van der Waals surface area contributed by atoms with E-state index in [4.69, 9.17) is 10.7 Å². The number of rotatable bonds is 5. The molecule has 0 aromatic heterocycles. The standard InChI is InChI=1S/C6H15ClN2O2S/c1-6(2)9(3)5-4-8-12(7,10)11/h6,8H,4-5H2,1-3H3. The van der Waals surface area contributed by atoms with Crippen molar-refractivity contribution in [1.82, 2.24) is 9.62 Å². The molecule has 0 heterocycles. The fourth-order valence-electron chi connectivity index (χ4n) is 0.602. The van der Waals surface area contributed by atoms with Crippen molar-refractivity contribution in [2.24, 2.45) is 0 Å². The lowest BCUT2D eigenvalue weighted by molar-refractivity contribution is 0.279. The maximum absolute atomic E-state index is 10.4. The Morgan fingerprint density at radius 3 is 2.33 bits per heavy atom. The van der Waals surface area contributed by atoms with Crippen LogP contribution in [0.3, 0.4) is 0 Å². The zero-order valence-electron chi connectivity index (χ0n) is 7.54. The van der Waals surface area contributed by atoms with Gasteiger partial charge in [0.15, 0.2) is 0 Å². The third kappa shape index (κ3) is 6.84. The van der Waals surface area contributed by atoms with E-state index in [9.17, 15) is 8.42 Å². The van der Waals surface area contributed by atoms with Gasteiger partial charge in [-0.2, -0.15) is 8.42 Å². The van der Waals surface area contributed by atoms with Crippen LogP contribution in [0.25, 0.3) is 0 Å². The molecule has 0 radical (unpaired) electrons. The molecule has 0 aromatic carbocycles. The molecule has 4 nitrogen and oxygen atoms in total. The van der Waals surface area contributed by atoms with Crippen molar-refractivity contribution in [3.8, 4) is 0 Å². The first-order chi connectivity index (χ1) is 5.33. The number of halogens is 1. The van der Waals surface area contributed by atoms with Crippen molar-refractivity contribution in [2.45, 2.75) is 19.9 Å². The van der Waals surface area contributed by atoms with Crippen LogP contribution in [0.2, 0.25) is 0 Å². The molecular formula is C6H15ClN2O2S. The Kier molecular flexibility index (Phi) is 5.08. The fraction of sp³-hybridized carbons (Fsp3) is 1.00. The maximum Gasteiger partial charge on any atom is 0.297 e. The van der Waals surface area contributed by atoms with Gasteiger partial charge >= 0.3 is 0 Å². The molecule has 0 spiro atoms. The van der Waals surface area contributed by atoms with Crippen LogP contribution < -0.4 is 4.72 Å². The Hall–Kier alpha value is 0.160. The van der Waals surface area contributed by atoms with Crippen LogP contribution in [-0.4, -0.2) is 39.5 Å². The van der Waals surface area contributed by atoms with Gasteiger partial charge in [0.25, 0.3) is 9.24 Å². The van der Waals surface area contributed by atoms with Crippen LogP contribution in [0.4, 0.5) is 0 Å². The van der Waals surface area contributed by atoms with E-state index < -0.39 is 9.24 Å². The summed E-state index contributed by atoms with van der Waals surface area (Å²) in [5, 5.41) is 0. The summed E-state index contributed by atoms with van der Waals surface area (Å²) >= 11 is 0. The summed E-state index contributed by atoms with van der Waals surface area (Å²) in [5.41, 5.74) is 0. The number of nitrogens with one attached hydrogen (secondary N) is 1. The number of likely N-dealkylation sites (N-methyl/N-ethyl adjacent to an activating group) is 1. The van der Waals surface area contributed by atoms with Gasteiger partial charge in [0.05, 0.1) is 0 Å². The molecule has 0 atom stereocenters. The first-order valence-electron chi connectivity index (χ1n) is 3.72. The van der Waals surface area contributed by atoms with Crippen LogP contribution in [-0.2, 0) is 9.24 Å². The monoisotopic (exact) mass is 214 g/mol. The van der Waals surface area contributed by atoms with Gasteiger partial charge in [-0.05, 0) is 20.9 Å². The predicted octanol–water partition coefficient (Wildman–Crippen LogP) is 0.400. The molecule has 0 rings (SSSR count). The molecule has 0 aliphatic carbocycles. The van der Waals surface area contributed by atoms with Crippen LogP contribution in [0.1, 0.15) is 13.8 Å². The zero-order chi connectivity index (χ0) is 9.78. The van der Waals surface area contributed by atoms with E-state index in [1.807, 2.05) is 25.8 Å². The van der Waals surface area contributed by atoms with Gasteiger partial charge in [0, 0.05) is 29.8 Å².